The fourth-order valence-corrected chi connectivity index (χ4v) is 3.38. The Balaban J connectivity index is 1.92. The smallest absolute Gasteiger partial charge is 0.352 e. The van der Waals surface area contributed by atoms with Crippen molar-refractivity contribution in [2.45, 2.75) is 13.1 Å². The van der Waals surface area contributed by atoms with Gasteiger partial charge in [-0.05, 0) is 34.0 Å². The third-order valence-electron chi connectivity index (χ3n) is 4.63. The maximum absolute atomic E-state index is 11.8. The summed E-state index contributed by atoms with van der Waals surface area (Å²) in [7, 11) is 0. The second-order valence-electron chi connectivity index (χ2n) is 6.16. The number of carboxylic acid groups (broad SMARTS) is 1. The van der Waals surface area contributed by atoms with E-state index in [1.54, 1.807) is 6.07 Å². The predicted octanol–water partition coefficient (Wildman–Crippen LogP) is 4.00. The molecule has 1 aromatic heterocycles. The minimum Gasteiger partial charge on any atom is -0.477 e. The molecule has 4 heteroatoms. The summed E-state index contributed by atoms with van der Waals surface area (Å²) < 4.78 is 1.86. The van der Waals surface area contributed by atoms with E-state index in [2.05, 4.69) is 18.2 Å². The summed E-state index contributed by atoms with van der Waals surface area (Å²) in [5.41, 5.74) is 9.03. The molecule has 3 N–H and O–H groups in total. The first-order valence-electron chi connectivity index (χ1n) is 8.19. The van der Waals surface area contributed by atoms with Crippen LogP contribution in [0.25, 0.3) is 21.7 Å². The number of benzene rings is 3. The molecule has 0 aliphatic rings. The number of hydrogen-bond donors (Lipinski definition) is 2. The van der Waals surface area contributed by atoms with Gasteiger partial charge < -0.3 is 15.4 Å². The van der Waals surface area contributed by atoms with Crippen molar-refractivity contribution < 1.29 is 9.90 Å². The predicted molar refractivity (Wildman–Crippen MR) is 99.8 cm³/mol. The van der Waals surface area contributed by atoms with E-state index >= 15 is 0 Å². The Kier molecular flexibility index (Phi) is 3.75. The van der Waals surface area contributed by atoms with E-state index in [9.17, 15) is 9.90 Å². The Morgan fingerprint density at radius 1 is 0.960 bits per heavy atom. The Bertz CT molecular complexity index is 1090. The number of aromatic nitrogens is 1. The number of carboxylic acids is 1. The van der Waals surface area contributed by atoms with Crippen LogP contribution in [0.3, 0.4) is 0 Å². The van der Waals surface area contributed by atoms with E-state index < -0.39 is 5.97 Å². The normalized spacial score (nSPS) is 11.2. The van der Waals surface area contributed by atoms with Crippen molar-refractivity contribution in [2.24, 2.45) is 5.73 Å². The minimum atomic E-state index is -0.925. The summed E-state index contributed by atoms with van der Waals surface area (Å²) >= 11 is 0. The number of hydrogen-bond acceptors (Lipinski definition) is 2. The molecular formula is C21H18N2O2. The van der Waals surface area contributed by atoms with Crippen LogP contribution in [0.2, 0.25) is 0 Å². The van der Waals surface area contributed by atoms with Gasteiger partial charge in [0.15, 0.2) is 0 Å². The number of nitrogens with two attached hydrogens (primary N) is 1. The van der Waals surface area contributed by atoms with Crippen LogP contribution in [0.15, 0.2) is 66.7 Å². The van der Waals surface area contributed by atoms with Gasteiger partial charge in [0.25, 0.3) is 0 Å². The van der Waals surface area contributed by atoms with E-state index in [0.717, 1.165) is 32.8 Å². The molecular weight excluding hydrogens is 312 g/mol. The first-order chi connectivity index (χ1) is 12.2. The third kappa shape index (κ3) is 2.66. The Labute approximate surface area is 145 Å². The summed E-state index contributed by atoms with van der Waals surface area (Å²) in [6.07, 6.45) is 0. The maximum Gasteiger partial charge on any atom is 0.352 e. The molecule has 1 heterocycles. The van der Waals surface area contributed by atoms with Crippen LogP contribution in [-0.2, 0) is 13.1 Å². The summed E-state index contributed by atoms with van der Waals surface area (Å²) in [6, 6.07) is 21.9. The van der Waals surface area contributed by atoms with E-state index in [4.69, 9.17) is 5.73 Å². The van der Waals surface area contributed by atoms with Crippen LogP contribution < -0.4 is 5.73 Å². The second-order valence-corrected chi connectivity index (χ2v) is 6.16. The minimum absolute atomic E-state index is 0.289. The number of nitrogens with zero attached hydrogens (tertiary/aromatic N) is 1. The topological polar surface area (TPSA) is 68.2 Å². The summed E-state index contributed by atoms with van der Waals surface area (Å²) in [5.74, 6) is -0.925. The molecule has 0 unspecified atom stereocenters. The summed E-state index contributed by atoms with van der Waals surface area (Å²) in [5, 5.41) is 12.8. The van der Waals surface area contributed by atoms with Crippen molar-refractivity contribution >= 4 is 27.6 Å². The molecule has 0 aliphatic carbocycles. The van der Waals surface area contributed by atoms with Crippen LogP contribution >= 0.6 is 0 Å². The summed E-state index contributed by atoms with van der Waals surface area (Å²) in [4.78, 5) is 11.8. The molecule has 0 fully saturated rings. The van der Waals surface area contributed by atoms with Crippen molar-refractivity contribution in [1.82, 2.24) is 4.57 Å². The van der Waals surface area contributed by atoms with Gasteiger partial charge in [-0.3, -0.25) is 0 Å². The van der Waals surface area contributed by atoms with Crippen molar-refractivity contribution in [2.75, 3.05) is 0 Å². The van der Waals surface area contributed by atoms with Crippen molar-refractivity contribution in [3.63, 3.8) is 0 Å². The summed E-state index contributed by atoms with van der Waals surface area (Å²) in [6.45, 7) is 0.929. The Morgan fingerprint density at radius 3 is 2.56 bits per heavy atom. The highest BCUT2D eigenvalue weighted by Gasteiger charge is 2.16. The number of fused-ring (bicyclic) bond motifs is 2. The first kappa shape index (κ1) is 15.4. The highest BCUT2D eigenvalue weighted by Crippen LogP contribution is 2.25. The Morgan fingerprint density at radius 2 is 1.76 bits per heavy atom. The molecule has 0 saturated heterocycles. The average Bonchev–Trinajstić information content (AvgIpc) is 3.00. The highest BCUT2D eigenvalue weighted by molar-refractivity contribution is 5.95. The van der Waals surface area contributed by atoms with Crippen LogP contribution in [-0.4, -0.2) is 15.6 Å². The lowest BCUT2D eigenvalue weighted by Crippen LogP contribution is -2.09. The largest absolute Gasteiger partial charge is 0.477 e. The SMILES string of the molecule is NCc1ccc2cc(C(=O)O)n(Cc3cccc4ccccc34)c2c1. The van der Waals surface area contributed by atoms with Crippen LogP contribution in [0.4, 0.5) is 0 Å². The van der Waals surface area contributed by atoms with Crippen LogP contribution in [0.5, 0.6) is 0 Å². The zero-order valence-electron chi connectivity index (χ0n) is 13.6. The number of aromatic carboxylic acids is 1. The maximum atomic E-state index is 11.8. The second kappa shape index (κ2) is 6.07. The molecule has 0 saturated carbocycles. The average molecular weight is 330 g/mol. The van der Waals surface area contributed by atoms with Gasteiger partial charge in [0, 0.05) is 24.0 Å². The van der Waals surface area contributed by atoms with Crippen LogP contribution in [0, 0.1) is 0 Å². The zero-order valence-corrected chi connectivity index (χ0v) is 13.6. The van der Waals surface area contributed by atoms with Gasteiger partial charge in [0.2, 0.25) is 0 Å². The fraction of sp³-hybridized carbons (Fsp3) is 0.0952. The molecule has 3 aromatic carbocycles. The molecule has 4 rings (SSSR count). The van der Waals surface area contributed by atoms with Crippen molar-refractivity contribution in [3.8, 4) is 0 Å². The zero-order chi connectivity index (χ0) is 17.4. The van der Waals surface area contributed by atoms with Gasteiger partial charge in [-0.1, -0.05) is 54.6 Å². The van der Waals surface area contributed by atoms with Gasteiger partial charge >= 0.3 is 5.97 Å². The lowest BCUT2D eigenvalue weighted by atomic mass is 10.0. The molecule has 0 atom stereocenters. The third-order valence-corrected chi connectivity index (χ3v) is 4.63. The van der Waals surface area contributed by atoms with E-state index in [1.165, 1.54) is 0 Å². The lowest BCUT2D eigenvalue weighted by molar-refractivity contribution is 0.0686. The van der Waals surface area contributed by atoms with Gasteiger partial charge in [-0.25, -0.2) is 4.79 Å². The lowest BCUT2D eigenvalue weighted by Gasteiger charge is -2.12. The molecule has 4 nitrogen and oxygen atoms in total. The van der Waals surface area contributed by atoms with Crippen LogP contribution in [0.1, 0.15) is 21.6 Å². The molecule has 0 aliphatic heterocycles. The fourth-order valence-electron chi connectivity index (χ4n) is 3.38. The van der Waals surface area contributed by atoms with Gasteiger partial charge in [0.1, 0.15) is 5.69 Å². The quantitative estimate of drug-likeness (QED) is 0.594. The standard InChI is InChI=1S/C21H18N2O2/c22-12-14-8-9-16-11-20(21(24)25)23(19(16)10-14)13-17-6-3-5-15-4-1-2-7-18(15)17/h1-11H,12-13,22H2,(H,24,25). The molecule has 0 amide bonds. The van der Waals surface area contributed by atoms with Gasteiger partial charge in [-0.15, -0.1) is 0 Å². The first-order valence-corrected chi connectivity index (χ1v) is 8.19. The number of rotatable bonds is 4. The Hall–Kier alpha value is -3.11. The molecule has 124 valence electrons. The molecule has 25 heavy (non-hydrogen) atoms. The highest BCUT2D eigenvalue weighted by atomic mass is 16.4. The number of carbonyl (C=O) groups is 1. The van der Waals surface area contributed by atoms with Gasteiger partial charge in [0.05, 0.1) is 0 Å². The van der Waals surface area contributed by atoms with E-state index in [0.29, 0.717) is 13.1 Å². The molecule has 4 aromatic rings. The van der Waals surface area contributed by atoms with Gasteiger partial charge in [-0.2, -0.15) is 0 Å². The molecule has 0 spiro atoms. The monoisotopic (exact) mass is 330 g/mol. The van der Waals surface area contributed by atoms with Crippen molar-refractivity contribution in [3.05, 3.63) is 83.6 Å². The van der Waals surface area contributed by atoms with E-state index in [1.807, 2.05) is 47.0 Å². The molecule has 0 bridgehead atoms. The van der Waals surface area contributed by atoms with Crippen molar-refractivity contribution in [1.29, 1.82) is 0 Å². The van der Waals surface area contributed by atoms with E-state index in [-0.39, 0.29) is 5.69 Å². The molecule has 0 radical (unpaired) electrons.